The third-order valence-corrected chi connectivity index (χ3v) is 3.07. The summed E-state index contributed by atoms with van der Waals surface area (Å²) in [7, 11) is 1.35. The number of ether oxygens (including phenoxy) is 1. The summed E-state index contributed by atoms with van der Waals surface area (Å²) in [4.78, 5) is 0.284. The molecule has 1 heterocycles. The normalized spacial score (nSPS) is 18.4. The van der Waals surface area contributed by atoms with E-state index in [4.69, 9.17) is 4.74 Å². The van der Waals surface area contributed by atoms with Crippen molar-refractivity contribution >= 4 is 5.69 Å². The molecule has 1 saturated heterocycles. The molecule has 1 aromatic rings. The van der Waals surface area contributed by atoms with Crippen molar-refractivity contribution in [3.05, 3.63) is 24.3 Å². The fourth-order valence-corrected chi connectivity index (χ4v) is 1.91. The minimum atomic E-state index is -5.37. The third kappa shape index (κ3) is 1.98. The largest absolute Gasteiger partial charge is 0.497 e. The molecule has 0 saturated carbocycles. The predicted octanol–water partition coefficient (Wildman–Crippen LogP) is 3.38. The first-order chi connectivity index (χ1) is 8.63. The first kappa shape index (κ1) is 13.8. The minimum Gasteiger partial charge on any atom is -0.497 e. The first-order valence-electron chi connectivity index (χ1n) is 5.18. The van der Waals surface area contributed by atoms with Crippen LogP contribution in [0.4, 0.5) is 32.0 Å². The summed E-state index contributed by atoms with van der Waals surface area (Å²) in [6.07, 6.45) is -10.7. The van der Waals surface area contributed by atoms with Gasteiger partial charge in [-0.1, -0.05) is 0 Å². The van der Waals surface area contributed by atoms with Crippen molar-refractivity contribution in [2.24, 2.45) is 0 Å². The van der Waals surface area contributed by atoms with Gasteiger partial charge < -0.3 is 9.64 Å². The van der Waals surface area contributed by atoms with Crippen LogP contribution in [0.2, 0.25) is 0 Å². The lowest BCUT2D eigenvalue weighted by molar-refractivity contribution is -0.260. The van der Waals surface area contributed by atoms with E-state index in [2.05, 4.69) is 0 Å². The molecule has 2 rings (SSSR count). The van der Waals surface area contributed by atoms with Crippen LogP contribution in [-0.4, -0.2) is 31.5 Å². The monoisotopic (exact) mass is 285 g/mol. The zero-order valence-electron chi connectivity index (χ0n) is 9.64. The summed E-state index contributed by atoms with van der Waals surface area (Å²) in [5.41, 5.74) is -3.91. The van der Waals surface area contributed by atoms with Gasteiger partial charge in [0.25, 0.3) is 0 Å². The van der Waals surface area contributed by atoms with Gasteiger partial charge in [-0.05, 0) is 24.3 Å². The summed E-state index contributed by atoms with van der Waals surface area (Å²) in [6.45, 7) is -1.12. The van der Waals surface area contributed by atoms with E-state index < -0.39 is 24.4 Å². The van der Waals surface area contributed by atoms with Crippen LogP contribution in [0.3, 0.4) is 0 Å². The molecule has 0 spiro atoms. The van der Waals surface area contributed by atoms with Crippen molar-refractivity contribution in [1.82, 2.24) is 0 Å². The Labute approximate surface area is 104 Å². The molecule has 1 aliphatic rings. The number of halogens is 6. The SMILES string of the molecule is COc1ccc(N2CC2(C(F)(F)F)C(F)(F)F)cc1. The summed E-state index contributed by atoms with van der Waals surface area (Å²) in [5, 5.41) is 0. The molecule has 0 N–H and O–H groups in total. The maximum Gasteiger partial charge on any atom is 0.422 e. The van der Waals surface area contributed by atoms with Crippen molar-refractivity contribution in [2.45, 2.75) is 17.9 Å². The van der Waals surface area contributed by atoms with Crippen molar-refractivity contribution in [3.63, 3.8) is 0 Å². The molecule has 0 atom stereocenters. The molecule has 0 aliphatic carbocycles. The predicted molar refractivity (Wildman–Crippen MR) is 55.2 cm³/mol. The van der Waals surface area contributed by atoms with E-state index in [9.17, 15) is 26.3 Å². The van der Waals surface area contributed by atoms with Crippen LogP contribution in [0, 0.1) is 0 Å². The number of hydrogen-bond donors (Lipinski definition) is 0. The van der Waals surface area contributed by atoms with Crippen molar-refractivity contribution < 1.29 is 31.1 Å². The molecule has 0 aromatic heterocycles. The number of rotatable bonds is 2. The molecule has 1 fully saturated rings. The van der Waals surface area contributed by atoms with Crippen LogP contribution in [0.1, 0.15) is 0 Å². The van der Waals surface area contributed by atoms with Crippen LogP contribution in [0.5, 0.6) is 5.75 Å². The van der Waals surface area contributed by atoms with Gasteiger partial charge in [0.1, 0.15) is 5.75 Å². The second-order valence-corrected chi connectivity index (χ2v) is 4.14. The lowest BCUT2D eigenvalue weighted by Crippen LogP contribution is -2.49. The molecule has 0 unspecified atom stereocenters. The summed E-state index contributed by atoms with van der Waals surface area (Å²) in [5.74, 6) is 0.357. The van der Waals surface area contributed by atoms with Gasteiger partial charge in [-0.2, -0.15) is 26.3 Å². The number of benzene rings is 1. The number of alkyl halides is 6. The van der Waals surface area contributed by atoms with Crippen LogP contribution >= 0.6 is 0 Å². The molecule has 0 bridgehead atoms. The van der Waals surface area contributed by atoms with Gasteiger partial charge in [0, 0.05) is 5.69 Å². The highest BCUT2D eigenvalue weighted by Gasteiger charge is 2.83. The van der Waals surface area contributed by atoms with Gasteiger partial charge in [0.15, 0.2) is 0 Å². The quantitative estimate of drug-likeness (QED) is 0.610. The lowest BCUT2D eigenvalue weighted by atomic mass is 10.1. The van der Waals surface area contributed by atoms with Gasteiger partial charge in [-0.15, -0.1) is 0 Å². The maximum absolute atomic E-state index is 12.7. The first-order valence-corrected chi connectivity index (χ1v) is 5.18. The van der Waals surface area contributed by atoms with Crippen molar-refractivity contribution in [2.75, 3.05) is 18.6 Å². The summed E-state index contributed by atoms with van der Waals surface area (Å²) >= 11 is 0. The third-order valence-electron chi connectivity index (χ3n) is 3.07. The second kappa shape index (κ2) is 3.94. The molecule has 2 nitrogen and oxygen atoms in total. The zero-order chi connectivity index (χ0) is 14.5. The lowest BCUT2D eigenvalue weighted by Gasteiger charge is -2.24. The fourth-order valence-electron chi connectivity index (χ4n) is 1.91. The fraction of sp³-hybridized carbons (Fsp3) is 0.455. The number of anilines is 1. The Kier molecular flexibility index (Phi) is 2.87. The Balaban J connectivity index is 2.33. The molecule has 8 heteroatoms. The summed E-state index contributed by atoms with van der Waals surface area (Å²) in [6, 6.07) is 4.95. The van der Waals surface area contributed by atoms with E-state index in [0.29, 0.717) is 5.75 Å². The number of hydrogen-bond acceptors (Lipinski definition) is 2. The molecule has 1 aromatic carbocycles. The molecular formula is C11H9F6NO. The maximum atomic E-state index is 12.7. The number of nitrogens with zero attached hydrogens (tertiary/aromatic N) is 1. The van der Waals surface area contributed by atoms with E-state index in [1.807, 2.05) is 0 Å². The Hall–Kier alpha value is -1.60. The zero-order valence-corrected chi connectivity index (χ0v) is 9.64. The van der Waals surface area contributed by atoms with E-state index >= 15 is 0 Å². The van der Waals surface area contributed by atoms with E-state index in [0.717, 1.165) is 12.1 Å². The van der Waals surface area contributed by atoms with Crippen molar-refractivity contribution in [1.29, 1.82) is 0 Å². The van der Waals surface area contributed by atoms with Gasteiger partial charge in [0.05, 0.1) is 13.7 Å². The van der Waals surface area contributed by atoms with Gasteiger partial charge >= 0.3 is 12.4 Å². The van der Waals surface area contributed by atoms with Crippen molar-refractivity contribution in [3.8, 4) is 5.75 Å². The Bertz CT molecular complexity index is 450. The Morgan fingerprint density at radius 3 is 1.79 bits per heavy atom. The van der Waals surface area contributed by atoms with Gasteiger partial charge in [0.2, 0.25) is 5.54 Å². The number of methoxy groups -OCH3 is 1. The standard InChI is InChI=1S/C11H9F6NO/c1-19-8-4-2-7(3-5-8)18-6-9(18,10(12,13)14)11(15,16)17/h2-5H,6H2,1H3. The average molecular weight is 285 g/mol. The van der Waals surface area contributed by atoms with E-state index in [1.54, 1.807) is 0 Å². The highest BCUT2D eigenvalue weighted by atomic mass is 19.4. The average Bonchev–Trinajstić information content (AvgIpc) is 3.04. The Morgan fingerprint density at radius 1 is 1.00 bits per heavy atom. The van der Waals surface area contributed by atoms with Crippen LogP contribution in [0.25, 0.3) is 0 Å². The smallest absolute Gasteiger partial charge is 0.422 e. The second-order valence-electron chi connectivity index (χ2n) is 4.14. The molecule has 106 valence electrons. The van der Waals surface area contributed by atoms with Gasteiger partial charge in [-0.3, -0.25) is 0 Å². The molecule has 1 aliphatic heterocycles. The molecular weight excluding hydrogens is 276 g/mol. The Morgan fingerprint density at radius 2 is 1.47 bits per heavy atom. The van der Waals surface area contributed by atoms with E-state index in [1.165, 1.54) is 19.2 Å². The van der Waals surface area contributed by atoms with E-state index in [-0.39, 0.29) is 10.6 Å². The molecule has 0 radical (unpaired) electrons. The highest BCUT2D eigenvalue weighted by molar-refractivity contribution is 5.61. The molecule has 0 amide bonds. The minimum absolute atomic E-state index is 0.143. The topological polar surface area (TPSA) is 12.2 Å². The van der Waals surface area contributed by atoms with Crippen LogP contribution < -0.4 is 9.64 Å². The molecule has 19 heavy (non-hydrogen) atoms. The van der Waals surface area contributed by atoms with Crippen LogP contribution in [0.15, 0.2) is 24.3 Å². The summed E-state index contributed by atoms with van der Waals surface area (Å²) < 4.78 is 80.9. The van der Waals surface area contributed by atoms with Gasteiger partial charge in [-0.25, -0.2) is 0 Å². The van der Waals surface area contributed by atoms with Crippen LogP contribution in [-0.2, 0) is 0 Å². The highest BCUT2D eigenvalue weighted by Crippen LogP contribution is 2.57.